The van der Waals surface area contributed by atoms with Crippen molar-refractivity contribution in [3.05, 3.63) is 132 Å². The Morgan fingerprint density at radius 1 is 1.00 bits per heavy atom. The molecule has 0 aromatic heterocycles. The van der Waals surface area contributed by atoms with E-state index in [2.05, 4.69) is 147 Å². The first kappa shape index (κ1) is 24.4. The molecule has 0 saturated carbocycles. The van der Waals surface area contributed by atoms with E-state index in [1.807, 2.05) is 0 Å². The van der Waals surface area contributed by atoms with Crippen LogP contribution in [0.1, 0.15) is 44.2 Å². The molecule has 2 heteroatoms. The minimum absolute atomic E-state index is 0.0661. The summed E-state index contributed by atoms with van der Waals surface area (Å²) in [6.07, 6.45) is 18.8. The van der Waals surface area contributed by atoms with E-state index in [0.717, 1.165) is 19.3 Å². The predicted octanol–water partition coefficient (Wildman–Crippen LogP) is 8.53. The van der Waals surface area contributed by atoms with Gasteiger partial charge in [0.05, 0.1) is 5.41 Å². The standard InChI is InChI=1S/C36H37N2/c1-6-24-35(2)32(38(5)31-23-22-27-16-9-10-17-28(27)34(31)35)20-13-21-33-36(3,25-26-14-7-8-15-26)29-18-11-12-19-30(29)37(33)4/h6-14,16-23H,1,15,24-25H2,2-5H3/q+1. The fraction of sp³-hybridized carbons (Fsp3) is 0.250. The van der Waals surface area contributed by atoms with Crippen LogP contribution in [-0.4, -0.2) is 24.4 Å². The van der Waals surface area contributed by atoms with E-state index < -0.39 is 0 Å². The topological polar surface area (TPSA) is 6.25 Å². The van der Waals surface area contributed by atoms with Crippen LogP contribution < -0.4 is 4.90 Å². The van der Waals surface area contributed by atoms with Crippen LogP contribution in [-0.2, 0) is 10.8 Å². The van der Waals surface area contributed by atoms with Crippen molar-refractivity contribution in [2.75, 3.05) is 19.0 Å². The third kappa shape index (κ3) is 3.58. The highest BCUT2D eigenvalue weighted by Crippen LogP contribution is 2.52. The van der Waals surface area contributed by atoms with Gasteiger partial charge in [0.15, 0.2) is 5.71 Å². The molecule has 0 saturated heterocycles. The SMILES string of the molecule is C=CCC1(C)/C(=C\C=C\C2=[N+](C)c3ccccc3C2(C)CC2=CC=CC2)N(C)c2ccc3ccccc3c21. The Morgan fingerprint density at radius 3 is 2.58 bits per heavy atom. The third-order valence-corrected chi connectivity index (χ3v) is 9.02. The summed E-state index contributed by atoms with van der Waals surface area (Å²) in [5, 5.41) is 2.62. The number of likely N-dealkylation sites (N-methyl/N-ethyl adjacent to an activating group) is 1. The fourth-order valence-electron chi connectivity index (χ4n) is 7.20. The third-order valence-electron chi connectivity index (χ3n) is 9.02. The average molecular weight is 498 g/mol. The number of rotatable bonds is 6. The predicted molar refractivity (Wildman–Crippen MR) is 163 cm³/mol. The Balaban J connectivity index is 1.43. The van der Waals surface area contributed by atoms with E-state index in [4.69, 9.17) is 0 Å². The summed E-state index contributed by atoms with van der Waals surface area (Å²) in [4.78, 5) is 2.38. The normalized spacial score (nSPS) is 25.1. The second kappa shape index (κ2) is 9.13. The van der Waals surface area contributed by atoms with Gasteiger partial charge in [-0.2, -0.15) is 4.58 Å². The van der Waals surface area contributed by atoms with Crippen LogP contribution in [0.3, 0.4) is 0 Å². The summed E-state index contributed by atoms with van der Waals surface area (Å²) in [6.45, 7) is 8.92. The van der Waals surface area contributed by atoms with Gasteiger partial charge in [0, 0.05) is 41.6 Å². The molecular formula is C36H37N2+. The van der Waals surface area contributed by atoms with Gasteiger partial charge in [-0.15, -0.1) is 6.58 Å². The van der Waals surface area contributed by atoms with Crippen LogP contribution >= 0.6 is 0 Å². The van der Waals surface area contributed by atoms with E-state index in [1.54, 1.807) is 0 Å². The summed E-state index contributed by atoms with van der Waals surface area (Å²) in [7, 11) is 4.42. The first-order valence-corrected chi connectivity index (χ1v) is 13.7. The summed E-state index contributed by atoms with van der Waals surface area (Å²) in [5.41, 5.74) is 9.36. The minimum atomic E-state index is -0.143. The van der Waals surface area contributed by atoms with Gasteiger partial charge in [-0.3, -0.25) is 0 Å². The lowest BCUT2D eigenvalue weighted by molar-refractivity contribution is -0.401. The van der Waals surface area contributed by atoms with Crippen LogP contribution in [0.5, 0.6) is 0 Å². The minimum Gasteiger partial charge on any atom is -0.347 e. The van der Waals surface area contributed by atoms with E-state index in [-0.39, 0.29) is 10.8 Å². The highest BCUT2D eigenvalue weighted by molar-refractivity contribution is 6.04. The molecule has 2 atom stereocenters. The molecule has 3 aromatic carbocycles. The Hall–Kier alpha value is -3.91. The monoisotopic (exact) mass is 497 g/mol. The summed E-state index contributed by atoms with van der Waals surface area (Å²) in [6, 6.07) is 22.2. The average Bonchev–Trinajstić information content (AvgIpc) is 3.56. The number of nitrogens with zero attached hydrogens (tertiary/aromatic N) is 2. The van der Waals surface area contributed by atoms with Crippen molar-refractivity contribution >= 4 is 27.9 Å². The van der Waals surface area contributed by atoms with Crippen molar-refractivity contribution in [2.45, 2.75) is 43.9 Å². The Labute approximate surface area is 227 Å². The molecule has 3 aliphatic rings. The zero-order chi connectivity index (χ0) is 26.5. The summed E-state index contributed by atoms with van der Waals surface area (Å²) < 4.78 is 2.39. The molecule has 190 valence electrons. The number of fused-ring (bicyclic) bond motifs is 4. The van der Waals surface area contributed by atoms with Crippen molar-refractivity contribution in [2.24, 2.45) is 0 Å². The van der Waals surface area contributed by atoms with Crippen molar-refractivity contribution in [1.29, 1.82) is 0 Å². The largest absolute Gasteiger partial charge is 0.347 e. The molecule has 2 nitrogen and oxygen atoms in total. The van der Waals surface area contributed by atoms with Crippen LogP contribution in [0.15, 0.2) is 121 Å². The van der Waals surface area contributed by atoms with Crippen molar-refractivity contribution < 1.29 is 4.58 Å². The second-order valence-electron chi connectivity index (χ2n) is 11.4. The van der Waals surface area contributed by atoms with Crippen LogP contribution in [0, 0.1) is 0 Å². The lowest BCUT2D eigenvalue weighted by Crippen LogP contribution is -2.31. The van der Waals surface area contributed by atoms with Gasteiger partial charge >= 0.3 is 0 Å². The Morgan fingerprint density at radius 2 is 1.79 bits per heavy atom. The molecule has 0 N–H and O–H groups in total. The molecule has 0 fully saturated rings. The van der Waals surface area contributed by atoms with Gasteiger partial charge in [-0.25, -0.2) is 0 Å². The van der Waals surface area contributed by atoms with E-state index in [0.29, 0.717) is 0 Å². The number of para-hydroxylation sites is 1. The maximum atomic E-state index is 4.14. The maximum absolute atomic E-state index is 4.14. The molecule has 0 bridgehead atoms. The first-order valence-electron chi connectivity index (χ1n) is 13.7. The van der Waals surface area contributed by atoms with E-state index in [1.165, 1.54) is 50.3 Å². The number of hydrogen-bond acceptors (Lipinski definition) is 1. The first-order chi connectivity index (χ1) is 18.4. The molecule has 6 rings (SSSR count). The number of allylic oxidation sites excluding steroid dienone is 9. The smallest absolute Gasteiger partial charge is 0.209 e. The fourth-order valence-corrected chi connectivity index (χ4v) is 7.20. The highest BCUT2D eigenvalue weighted by Gasteiger charge is 2.47. The second-order valence-corrected chi connectivity index (χ2v) is 11.4. The molecule has 2 unspecified atom stereocenters. The zero-order valence-corrected chi connectivity index (χ0v) is 23.0. The van der Waals surface area contributed by atoms with Gasteiger partial charge in [-0.05, 0) is 61.6 Å². The van der Waals surface area contributed by atoms with Crippen molar-refractivity contribution in [3.8, 4) is 0 Å². The molecule has 2 heterocycles. The van der Waals surface area contributed by atoms with Gasteiger partial charge < -0.3 is 4.90 Å². The quantitative estimate of drug-likeness (QED) is 0.244. The lowest BCUT2D eigenvalue weighted by atomic mass is 9.74. The Kier molecular flexibility index (Phi) is 5.87. The van der Waals surface area contributed by atoms with E-state index >= 15 is 0 Å². The van der Waals surface area contributed by atoms with Gasteiger partial charge in [-0.1, -0.05) is 84.5 Å². The van der Waals surface area contributed by atoms with Crippen molar-refractivity contribution in [1.82, 2.24) is 0 Å². The number of anilines is 1. The molecule has 0 spiro atoms. The molecule has 38 heavy (non-hydrogen) atoms. The number of benzene rings is 3. The molecule has 3 aromatic rings. The molecule has 2 aliphatic heterocycles. The van der Waals surface area contributed by atoms with Crippen LogP contribution in [0.4, 0.5) is 11.4 Å². The van der Waals surface area contributed by atoms with Crippen molar-refractivity contribution in [3.63, 3.8) is 0 Å². The summed E-state index contributed by atoms with van der Waals surface area (Å²) in [5.74, 6) is 0. The molecule has 1 aliphatic carbocycles. The number of hydrogen-bond donors (Lipinski definition) is 0. The van der Waals surface area contributed by atoms with Gasteiger partial charge in [0.1, 0.15) is 7.05 Å². The molecule has 0 radical (unpaired) electrons. The molecule has 0 amide bonds. The Bertz CT molecular complexity index is 1610. The van der Waals surface area contributed by atoms with Crippen LogP contribution in [0.25, 0.3) is 10.8 Å². The van der Waals surface area contributed by atoms with Gasteiger partial charge in [0.2, 0.25) is 5.69 Å². The van der Waals surface area contributed by atoms with Crippen LogP contribution in [0.2, 0.25) is 0 Å². The highest BCUT2D eigenvalue weighted by atomic mass is 15.2. The van der Waals surface area contributed by atoms with E-state index in [9.17, 15) is 0 Å². The lowest BCUT2D eigenvalue weighted by Gasteiger charge is -2.28. The van der Waals surface area contributed by atoms with Gasteiger partial charge in [0.25, 0.3) is 0 Å². The summed E-state index contributed by atoms with van der Waals surface area (Å²) >= 11 is 0. The molecular weight excluding hydrogens is 460 g/mol. The zero-order valence-electron chi connectivity index (χ0n) is 23.0. The maximum Gasteiger partial charge on any atom is 0.209 e.